The van der Waals surface area contributed by atoms with Crippen molar-refractivity contribution in [3.05, 3.63) is 33.8 Å². The smallest absolute Gasteiger partial charge is 0.309 e. The number of esters is 1. The van der Waals surface area contributed by atoms with Gasteiger partial charge in [0.15, 0.2) is 6.61 Å². The van der Waals surface area contributed by atoms with E-state index in [0.29, 0.717) is 30.7 Å². The predicted molar refractivity (Wildman–Crippen MR) is 133 cm³/mol. The second-order valence-corrected chi connectivity index (χ2v) is 12.7. The summed E-state index contributed by atoms with van der Waals surface area (Å²) in [6.45, 7) is -0.392. The summed E-state index contributed by atoms with van der Waals surface area (Å²) < 4.78 is 5.27. The second kappa shape index (κ2) is 9.49. The van der Waals surface area contributed by atoms with Crippen molar-refractivity contribution in [1.82, 2.24) is 4.90 Å². The van der Waals surface area contributed by atoms with Crippen LogP contribution in [0.25, 0.3) is 0 Å². The minimum atomic E-state index is -0.435. The summed E-state index contributed by atoms with van der Waals surface area (Å²) in [6.07, 6.45) is 3.07. The van der Waals surface area contributed by atoms with E-state index in [1.807, 2.05) is 0 Å². The van der Waals surface area contributed by atoms with Gasteiger partial charge in [-0.25, -0.2) is 0 Å². The standard InChI is InChI=1S/C24H23Br2Cl2NO5/c25-20-14-8-15(21(20)26)19-18(14)22(31)29(23(19)32)12-4-1-10(2-5-12)24(33)34-9-17(30)13-6-3-11(27)7-16(13)28/h3,6-7,10,12,14-15,18-21H,1-2,4-5,8-9H2/t10?,12?,14-,15-,18-,19-,20-,21+/m1/s1. The van der Waals surface area contributed by atoms with Crippen molar-refractivity contribution in [2.45, 2.75) is 47.8 Å². The first-order valence-corrected chi connectivity index (χ1v) is 14.1. The molecule has 4 fully saturated rings. The number of benzene rings is 1. The number of nitrogens with zero attached hydrogens (tertiary/aromatic N) is 1. The molecule has 34 heavy (non-hydrogen) atoms. The highest BCUT2D eigenvalue weighted by Crippen LogP contribution is 2.60. The van der Waals surface area contributed by atoms with Crippen molar-refractivity contribution in [3.8, 4) is 0 Å². The number of ketones is 1. The van der Waals surface area contributed by atoms with Crippen LogP contribution in [0.1, 0.15) is 42.5 Å². The van der Waals surface area contributed by atoms with Gasteiger partial charge in [0.1, 0.15) is 0 Å². The Balaban J connectivity index is 1.15. The number of carbonyl (C=O) groups excluding carboxylic acids is 4. The normalized spacial score (nSPS) is 36.6. The third kappa shape index (κ3) is 4.06. The van der Waals surface area contributed by atoms with Crippen LogP contribution in [0.4, 0.5) is 0 Å². The first-order chi connectivity index (χ1) is 16.2. The van der Waals surface area contributed by atoms with Crippen LogP contribution in [0.15, 0.2) is 18.2 Å². The summed E-state index contributed by atoms with van der Waals surface area (Å²) in [4.78, 5) is 53.3. The fourth-order valence-electron chi connectivity index (χ4n) is 6.35. The number of hydrogen-bond acceptors (Lipinski definition) is 5. The van der Waals surface area contributed by atoms with Crippen molar-refractivity contribution < 1.29 is 23.9 Å². The van der Waals surface area contributed by atoms with Gasteiger partial charge in [0.05, 0.1) is 22.8 Å². The summed E-state index contributed by atoms with van der Waals surface area (Å²) in [5.41, 5.74) is 0.254. The third-order valence-electron chi connectivity index (χ3n) is 7.99. The van der Waals surface area contributed by atoms with Crippen LogP contribution in [0, 0.1) is 29.6 Å². The van der Waals surface area contributed by atoms with Crippen LogP contribution in [-0.2, 0) is 19.1 Å². The minimum absolute atomic E-state index is 0.0391. The van der Waals surface area contributed by atoms with Gasteiger partial charge in [0.25, 0.3) is 0 Å². The molecule has 10 heteroatoms. The first kappa shape index (κ1) is 24.7. The van der Waals surface area contributed by atoms with Crippen molar-refractivity contribution in [1.29, 1.82) is 0 Å². The lowest BCUT2D eigenvalue weighted by Crippen LogP contribution is -2.44. The fourth-order valence-corrected chi connectivity index (χ4v) is 8.74. The molecule has 1 aromatic rings. The van der Waals surface area contributed by atoms with Gasteiger partial charge in [-0.05, 0) is 62.1 Å². The lowest BCUT2D eigenvalue weighted by atomic mass is 9.81. The molecule has 6 atom stereocenters. The van der Waals surface area contributed by atoms with Crippen molar-refractivity contribution in [2.24, 2.45) is 29.6 Å². The Hall–Kier alpha value is -0.960. The number of fused-ring (bicyclic) bond motifs is 5. The SMILES string of the molecule is O=C(COC(=O)C1CCC(N2C(=O)[C@@H]3[C@H]4C[C@@H]([C@@H](Br)[C@H]4Br)[C@H]3C2=O)CC1)c1ccc(Cl)cc1Cl. The molecule has 1 heterocycles. The van der Waals surface area contributed by atoms with Crippen LogP contribution in [0.5, 0.6) is 0 Å². The van der Waals surface area contributed by atoms with E-state index in [1.165, 1.54) is 17.0 Å². The van der Waals surface area contributed by atoms with E-state index < -0.39 is 18.4 Å². The number of ether oxygens (including phenoxy) is 1. The fraction of sp³-hybridized carbons (Fsp3) is 0.583. The van der Waals surface area contributed by atoms with Gasteiger partial charge in [-0.15, -0.1) is 0 Å². The topological polar surface area (TPSA) is 80.8 Å². The van der Waals surface area contributed by atoms with Crippen LogP contribution < -0.4 is 0 Å². The van der Waals surface area contributed by atoms with Crippen LogP contribution in [0.3, 0.4) is 0 Å². The number of Topliss-reactive ketones (excluding diaryl/α,β-unsaturated/α-hetero) is 1. The second-order valence-electron chi connectivity index (χ2n) is 9.71. The molecule has 4 aliphatic rings. The van der Waals surface area contributed by atoms with Crippen molar-refractivity contribution in [3.63, 3.8) is 0 Å². The quantitative estimate of drug-likeness (QED) is 0.196. The van der Waals surface area contributed by atoms with Crippen molar-refractivity contribution in [2.75, 3.05) is 6.61 Å². The molecule has 2 bridgehead atoms. The Morgan fingerprint density at radius 1 is 0.971 bits per heavy atom. The van der Waals surface area contributed by atoms with E-state index in [-0.39, 0.29) is 67.7 Å². The lowest BCUT2D eigenvalue weighted by Gasteiger charge is -2.33. The Bertz CT molecular complexity index is 1030. The maximum Gasteiger partial charge on any atom is 0.309 e. The zero-order valence-electron chi connectivity index (χ0n) is 18.1. The number of imide groups is 1. The maximum absolute atomic E-state index is 13.2. The lowest BCUT2D eigenvalue weighted by molar-refractivity contribution is -0.149. The molecule has 2 amide bonds. The van der Waals surface area contributed by atoms with Gasteiger partial charge < -0.3 is 4.74 Å². The summed E-state index contributed by atoms with van der Waals surface area (Å²) in [5.74, 6) is -1.31. The molecule has 6 nitrogen and oxygen atoms in total. The molecule has 0 spiro atoms. The Kier molecular flexibility index (Phi) is 6.90. The molecule has 0 radical (unpaired) electrons. The highest BCUT2D eigenvalue weighted by Gasteiger charge is 2.67. The van der Waals surface area contributed by atoms with E-state index in [1.54, 1.807) is 6.07 Å². The van der Waals surface area contributed by atoms with Gasteiger partial charge in [-0.3, -0.25) is 24.1 Å². The molecule has 3 saturated carbocycles. The summed E-state index contributed by atoms with van der Waals surface area (Å²) in [6, 6.07) is 4.36. The monoisotopic (exact) mass is 633 g/mol. The molecule has 1 aliphatic heterocycles. The highest BCUT2D eigenvalue weighted by molar-refractivity contribution is 9.12. The van der Waals surface area contributed by atoms with E-state index in [2.05, 4.69) is 31.9 Å². The molecule has 0 unspecified atom stereocenters. The molecular weight excluding hydrogens is 613 g/mol. The number of halogens is 4. The Morgan fingerprint density at radius 2 is 1.56 bits per heavy atom. The molecule has 5 rings (SSSR count). The zero-order valence-corrected chi connectivity index (χ0v) is 22.8. The number of alkyl halides is 2. The van der Waals surface area contributed by atoms with Gasteiger partial charge >= 0.3 is 5.97 Å². The molecule has 182 valence electrons. The number of likely N-dealkylation sites (tertiary alicyclic amines) is 1. The highest BCUT2D eigenvalue weighted by atomic mass is 79.9. The molecular formula is C24H23Br2Cl2NO5. The number of hydrogen-bond donors (Lipinski definition) is 0. The zero-order chi connectivity index (χ0) is 24.3. The molecule has 3 aliphatic carbocycles. The summed E-state index contributed by atoms with van der Waals surface area (Å²) >= 11 is 19.3. The van der Waals surface area contributed by atoms with Crippen molar-refractivity contribution >= 4 is 78.6 Å². The van der Waals surface area contributed by atoms with Crippen LogP contribution in [-0.4, -0.2) is 50.8 Å². The molecule has 1 saturated heterocycles. The third-order valence-corrected chi connectivity index (χ3v) is 11.7. The van der Waals surface area contributed by atoms with E-state index >= 15 is 0 Å². The summed E-state index contributed by atoms with van der Waals surface area (Å²) in [7, 11) is 0. The van der Waals surface area contributed by atoms with Gasteiger partial charge in [-0.2, -0.15) is 0 Å². The average Bonchev–Trinajstić information content (AvgIpc) is 3.42. The van der Waals surface area contributed by atoms with Crippen LogP contribution in [0.2, 0.25) is 10.0 Å². The van der Waals surface area contributed by atoms with Crippen LogP contribution >= 0.6 is 55.1 Å². The average molecular weight is 636 g/mol. The first-order valence-electron chi connectivity index (χ1n) is 11.5. The minimum Gasteiger partial charge on any atom is -0.457 e. The van der Waals surface area contributed by atoms with Gasteiger partial charge in [0.2, 0.25) is 17.6 Å². The summed E-state index contributed by atoms with van der Waals surface area (Å²) in [5, 5.41) is 0.630. The maximum atomic E-state index is 13.2. The van der Waals surface area contributed by atoms with E-state index in [9.17, 15) is 19.2 Å². The Morgan fingerprint density at radius 3 is 2.12 bits per heavy atom. The number of rotatable bonds is 5. The number of carbonyl (C=O) groups is 4. The molecule has 1 aromatic carbocycles. The van der Waals surface area contributed by atoms with Gasteiger partial charge in [-0.1, -0.05) is 55.1 Å². The van der Waals surface area contributed by atoms with E-state index in [4.69, 9.17) is 27.9 Å². The largest absolute Gasteiger partial charge is 0.457 e. The molecule has 0 aromatic heterocycles. The number of amides is 2. The Labute approximate surface area is 224 Å². The molecule has 0 N–H and O–H groups in total. The van der Waals surface area contributed by atoms with E-state index in [0.717, 1.165) is 6.42 Å². The van der Waals surface area contributed by atoms with Gasteiger partial charge in [0, 0.05) is 26.3 Å². The predicted octanol–water partition coefficient (Wildman–Crippen LogP) is 5.06.